The minimum atomic E-state index is -3.58. The Morgan fingerprint density at radius 3 is 1.15 bits per heavy atom. The smallest absolute Gasteiger partial charge is 0.341 e. The van der Waals surface area contributed by atoms with E-state index >= 15 is 0 Å². The highest BCUT2D eigenvalue weighted by atomic mass is 35.5. The molecule has 32 nitrogen and oxygen atoms in total. The van der Waals surface area contributed by atoms with E-state index in [1.165, 1.54) is 18.6 Å². The predicted octanol–water partition coefficient (Wildman–Crippen LogP) is 8.67. The minimum absolute atomic E-state index is 0.0546. The van der Waals surface area contributed by atoms with Crippen LogP contribution in [0.4, 0.5) is 11.4 Å². The quantitative estimate of drug-likeness (QED) is 0.0286. The molecule has 9 heterocycles. The summed E-state index contributed by atoms with van der Waals surface area (Å²) in [7, 11) is -14.2. The molecular formula is C76H80ClN17O15S4. The Morgan fingerprint density at radius 1 is 0.442 bits per heavy atom. The first-order valence-electron chi connectivity index (χ1n) is 34.3. The van der Waals surface area contributed by atoms with Gasteiger partial charge < -0.3 is 35.9 Å². The highest BCUT2D eigenvalue weighted by molar-refractivity contribution is 7.89. The molecule has 9 aromatic heterocycles. The maximum absolute atomic E-state index is 12.5. The maximum Gasteiger partial charge on any atom is 0.341 e. The topological polar surface area (TPSA) is 522 Å². The van der Waals surface area contributed by atoms with E-state index in [0.717, 1.165) is 55.9 Å². The number of aryl methyl sites for hydroxylation is 4. The van der Waals surface area contributed by atoms with Crippen LogP contribution in [-0.4, -0.2) is 119 Å². The number of halogens is 1. The van der Waals surface area contributed by atoms with E-state index in [0.29, 0.717) is 121 Å². The number of aromatic nitrogens is 10. The van der Waals surface area contributed by atoms with E-state index in [9.17, 15) is 58.0 Å². The summed E-state index contributed by atoms with van der Waals surface area (Å²) in [6, 6.07) is 42.6. The van der Waals surface area contributed by atoms with Crippen LogP contribution in [0.3, 0.4) is 0 Å². The van der Waals surface area contributed by atoms with Gasteiger partial charge in [0.2, 0.25) is 40.1 Å². The van der Waals surface area contributed by atoms with Gasteiger partial charge >= 0.3 is 23.6 Å². The molecule has 0 fully saturated rings. The number of sulfonamides is 4. The highest BCUT2D eigenvalue weighted by Crippen LogP contribution is 2.30. The van der Waals surface area contributed by atoms with Crippen LogP contribution >= 0.6 is 11.6 Å². The number of imidazole rings is 1. The zero-order chi connectivity index (χ0) is 82.1. The first kappa shape index (κ1) is 85.3. The minimum Gasteiger partial charge on any atom is -0.478 e. The fourth-order valence-corrected chi connectivity index (χ4v) is 14.1. The van der Waals surface area contributed by atoms with Crippen LogP contribution in [-0.2, 0) is 98.8 Å². The summed E-state index contributed by atoms with van der Waals surface area (Å²) in [5, 5.41) is 39.1. The van der Waals surface area contributed by atoms with Crippen LogP contribution in [0.1, 0.15) is 112 Å². The SMILES string of the molecule is CCOC(=O)c1cnc2nc(C)ccc2c1Cl.CCOC(=O)c1cnc2nc(C)ccc2c1NCc1ccc(CS(N)(=O)=O)cc1.Cc1ccc2c(NCc3ccc(CS(N)(=O)=O)cc3)c(C(=O)O)cnc2n1.Cc1ccc2c(ncc3[nH]c(=O)n(Cc4ccc(CS(N)(=O)=O)cc4)c32)n1.NCc1ccc(CS(N)(=O)=O)cc1. The van der Waals surface area contributed by atoms with Crippen molar-refractivity contribution in [2.75, 3.05) is 23.8 Å². The fraction of sp³-hybridized carbons (Fsp3) is 0.211. The third kappa shape index (κ3) is 24.6. The molecule has 0 saturated heterocycles. The standard InChI is InChI=1S/C20H22N4O4S.C18H17N5O3S.C18H18N4O4S.C12H11ClN2O2.C8H12N2O2S/c1-3-28-20(25)17-11-23-19-16(9-4-13(2)24-19)18(17)22-10-14-5-7-15(8-6-14)12-29(21,26)27;1-11-2-7-14-16-15(8-20-17(14)21-11)22-18(24)23(16)9-12-3-5-13(6-4-12)10-27(19,25)26;1-11-2-7-14-16(15(18(23)24)9-21-17(14)22-11)20-8-12-3-5-13(6-4-12)10-27(19,25)26;1-3-17-12(16)9-6-14-11-8(10(9)13)5-4-7(2)15-11;9-5-7-1-3-8(4-2-7)6-13(10,11)12/h4-9,11H,3,10,12H2,1-2H3,(H2,21,26,27)(H,22,23,24);2-8H,9-10H2,1H3,(H,22,24)(H2,19,25,26);2-7,9H,8,10H2,1H3,(H,23,24)(H2,19,25,26)(H,20,21,22);4-6H,3H2,1-2H3;1-4H,5-6,9H2,(H2,10,11,12). The van der Waals surface area contributed by atoms with Crippen LogP contribution in [0, 0.1) is 27.7 Å². The van der Waals surface area contributed by atoms with E-state index in [-0.39, 0.29) is 46.4 Å². The van der Waals surface area contributed by atoms with Gasteiger partial charge in [0.15, 0.2) is 22.6 Å². The van der Waals surface area contributed by atoms with E-state index < -0.39 is 58.0 Å². The van der Waals surface area contributed by atoms with Gasteiger partial charge in [-0.2, -0.15) is 0 Å². The summed E-state index contributed by atoms with van der Waals surface area (Å²) in [5.41, 5.74) is 19.7. The van der Waals surface area contributed by atoms with Crippen molar-refractivity contribution in [2.24, 2.45) is 26.3 Å². The van der Waals surface area contributed by atoms with E-state index in [1.54, 1.807) is 128 Å². The molecular weight excluding hydrogens is 1550 g/mol. The number of hydrogen-bond donors (Lipinski definition) is 9. The zero-order valence-corrected chi connectivity index (χ0v) is 65.8. The van der Waals surface area contributed by atoms with Crippen LogP contribution in [0.15, 0.2) is 175 Å². The number of fused-ring (bicyclic) bond motifs is 6. The Balaban J connectivity index is 0.000000166. The monoisotopic (exact) mass is 1630 g/mol. The van der Waals surface area contributed by atoms with Gasteiger partial charge in [-0.15, -0.1) is 0 Å². The Labute approximate surface area is 654 Å². The highest BCUT2D eigenvalue weighted by Gasteiger charge is 2.21. The molecule has 13 aromatic rings. The lowest BCUT2D eigenvalue weighted by Crippen LogP contribution is -2.17. The van der Waals surface area contributed by atoms with Crippen molar-refractivity contribution < 1.29 is 62.6 Å². The number of hydrogen-bond acceptors (Lipinski definition) is 25. The molecule has 0 aliphatic heterocycles. The Morgan fingerprint density at radius 2 is 0.761 bits per heavy atom. The first-order valence-corrected chi connectivity index (χ1v) is 41.6. The number of benzene rings is 4. The molecule has 37 heteroatoms. The number of carbonyl (C=O) groups is 3. The summed E-state index contributed by atoms with van der Waals surface area (Å²) in [5.74, 6) is -2.81. The number of esters is 2. The number of anilines is 2. The van der Waals surface area contributed by atoms with Crippen molar-refractivity contribution >= 4 is 136 Å². The van der Waals surface area contributed by atoms with Crippen molar-refractivity contribution in [2.45, 2.75) is 90.7 Å². The summed E-state index contributed by atoms with van der Waals surface area (Å²) >= 11 is 6.14. The number of pyridine rings is 8. The molecule has 0 atom stereocenters. The summed E-state index contributed by atoms with van der Waals surface area (Å²) < 4.78 is 100. The molecule has 0 bridgehead atoms. The third-order valence-corrected chi connectivity index (χ3v) is 19.8. The summed E-state index contributed by atoms with van der Waals surface area (Å²) in [4.78, 5) is 85.0. The number of nitrogens with one attached hydrogen (secondary N) is 3. The number of nitrogens with zero attached hydrogens (tertiary/aromatic N) is 9. The molecule has 0 amide bonds. The Bertz CT molecular complexity index is 6230. The normalized spacial score (nSPS) is 11.5. The van der Waals surface area contributed by atoms with Gasteiger partial charge in [-0.05, 0) is 135 Å². The number of rotatable bonds is 22. The largest absolute Gasteiger partial charge is 0.478 e. The molecule has 0 aliphatic rings. The molecule has 14 N–H and O–H groups in total. The van der Waals surface area contributed by atoms with Gasteiger partial charge in [-0.25, -0.2) is 113 Å². The van der Waals surface area contributed by atoms with Gasteiger partial charge in [0.1, 0.15) is 11.1 Å². The molecule has 4 aromatic carbocycles. The number of ether oxygens (including phenoxy) is 2. The number of carboxylic acid groups (broad SMARTS) is 1. The number of H-pyrrole nitrogens is 1. The van der Waals surface area contributed by atoms with Crippen molar-refractivity contribution in [1.29, 1.82) is 0 Å². The van der Waals surface area contributed by atoms with Gasteiger partial charge in [0.25, 0.3) is 0 Å². The number of aromatic amines is 1. The maximum atomic E-state index is 12.5. The molecule has 590 valence electrons. The third-order valence-electron chi connectivity index (χ3n) is 16.4. The van der Waals surface area contributed by atoms with E-state index in [4.69, 9.17) is 47.4 Å². The number of nitrogens with two attached hydrogens (primary N) is 5. The van der Waals surface area contributed by atoms with Crippen LogP contribution in [0.5, 0.6) is 0 Å². The second-order valence-electron chi connectivity index (χ2n) is 25.6. The van der Waals surface area contributed by atoms with Crippen LogP contribution in [0.2, 0.25) is 5.02 Å². The van der Waals surface area contributed by atoms with Gasteiger partial charge in [0, 0.05) is 82.5 Å². The molecule has 13 rings (SSSR count). The van der Waals surface area contributed by atoms with Crippen molar-refractivity contribution in [1.82, 2.24) is 49.4 Å². The Hall–Kier alpha value is -11.7. The predicted molar refractivity (Wildman–Crippen MR) is 432 cm³/mol. The first-order chi connectivity index (χ1) is 53.4. The average Bonchev–Trinajstić information content (AvgIpc) is 1.71. The molecule has 0 radical (unpaired) electrons. The lowest BCUT2D eigenvalue weighted by Gasteiger charge is -2.14. The molecule has 0 unspecified atom stereocenters. The van der Waals surface area contributed by atoms with Gasteiger partial charge in [0.05, 0.1) is 82.0 Å². The van der Waals surface area contributed by atoms with E-state index in [2.05, 4.69) is 55.5 Å². The Kier molecular flexibility index (Phi) is 28.3. The second-order valence-corrected chi connectivity index (χ2v) is 32.4. The average molecular weight is 1640 g/mol. The fourth-order valence-electron chi connectivity index (χ4n) is 11.2. The van der Waals surface area contributed by atoms with Gasteiger partial charge in [-0.1, -0.05) is 109 Å². The van der Waals surface area contributed by atoms with E-state index in [1.807, 2.05) is 70.2 Å². The molecule has 0 saturated carbocycles. The second kappa shape index (κ2) is 37.5. The number of primary sulfonamides is 4. The van der Waals surface area contributed by atoms with Crippen LogP contribution < -0.4 is 42.6 Å². The number of carbonyl (C=O) groups excluding carboxylic acids is 2. The molecule has 0 spiro atoms. The van der Waals surface area contributed by atoms with Crippen molar-refractivity contribution in [3.63, 3.8) is 0 Å². The van der Waals surface area contributed by atoms with Gasteiger partial charge in [-0.3, -0.25) is 4.57 Å². The van der Waals surface area contributed by atoms with Crippen LogP contribution in [0.25, 0.3) is 55.2 Å². The molecule has 0 aliphatic carbocycles. The lowest BCUT2D eigenvalue weighted by molar-refractivity contribution is 0.0517. The van der Waals surface area contributed by atoms with Crippen molar-refractivity contribution in [3.8, 4) is 0 Å². The number of carboxylic acids is 1. The summed E-state index contributed by atoms with van der Waals surface area (Å²) in [6.07, 6.45) is 5.76. The number of aromatic carboxylic acids is 1. The molecule has 113 heavy (non-hydrogen) atoms. The summed E-state index contributed by atoms with van der Waals surface area (Å²) in [6.45, 7) is 13.1. The van der Waals surface area contributed by atoms with Crippen molar-refractivity contribution in [3.05, 3.63) is 270 Å². The lowest BCUT2D eigenvalue weighted by atomic mass is 10.1. The zero-order valence-electron chi connectivity index (χ0n) is 61.8.